The Balaban J connectivity index is 1.64. The Labute approximate surface area is 141 Å². The zero-order chi connectivity index (χ0) is 16.9. The van der Waals surface area contributed by atoms with Crippen molar-refractivity contribution in [3.63, 3.8) is 0 Å². The second-order valence-electron chi connectivity index (χ2n) is 4.78. The lowest BCUT2D eigenvalue weighted by atomic mass is 10.1. The molecular formula is C16H14N4O3S. The normalized spacial score (nSPS) is 10.2. The fourth-order valence-corrected chi connectivity index (χ4v) is 2.62. The number of hydrogen-bond acceptors (Lipinski definition) is 5. The zero-order valence-corrected chi connectivity index (χ0v) is 13.5. The number of nitrogens with one attached hydrogen (secondary N) is 3. The minimum atomic E-state index is -0.479. The summed E-state index contributed by atoms with van der Waals surface area (Å²) >= 11 is 1.29. The number of hydrazine groups is 1. The van der Waals surface area contributed by atoms with E-state index in [1.165, 1.54) is 11.3 Å². The van der Waals surface area contributed by atoms with Crippen LogP contribution in [0.25, 0.3) is 11.3 Å². The number of carbonyl (C=O) groups excluding carboxylic acids is 2. The smallest absolute Gasteiger partial charge is 0.287 e. The minimum absolute atomic E-state index is 0.243. The first-order valence-electron chi connectivity index (χ1n) is 7.01. The Morgan fingerprint density at radius 3 is 2.54 bits per heavy atom. The first-order chi connectivity index (χ1) is 11.7. The highest BCUT2D eigenvalue weighted by molar-refractivity contribution is 7.12. The lowest BCUT2D eigenvalue weighted by Gasteiger charge is -2.04. The Kier molecular flexibility index (Phi) is 4.57. The Morgan fingerprint density at radius 2 is 1.88 bits per heavy atom. The predicted molar refractivity (Wildman–Crippen MR) is 89.8 cm³/mol. The monoisotopic (exact) mass is 342 g/mol. The number of carbonyl (C=O) groups is 2. The van der Waals surface area contributed by atoms with Gasteiger partial charge in [0, 0.05) is 5.56 Å². The van der Waals surface area contributed by atoms with Gasteiger partial charge in [-0.25, -0.2) is 0 Å². The van der Waals surface area contributed by atoms with E-state index >= 15 is 0 Å². The van der Waals surface area contributed by atoms with E-state index in [0.29, 0.717) is 10.6 Å². The molecule has 2 amide bonds. The van der Waals surface area contributed by atoms with Gasteiger partial charge in [0.1, 0.15) is 11.4 Å². The van der Waals surface area contributed by atoms with Crippen LogP contribution in [0.15, 0.2) is 47.8 Å². The summed E-state index contributed by atoms with van der Waals surface area (Å²) in [7, 11) is 1.59. The maximum absolute atomic E-state index is 12.1. The third-order valence-electron chi connectivity index (χ3n) is 3.24. The molecule has 2 heterocycles. The number of amides is 2. The molecule has 0 aliphatic carbocycles. The maximum Gasteiger partial charge on any atom is 0.287 e. The van der Waals surface area contributed by atoms with E-state index in [1.54, 1.807) is 30.7 Å². The zero-order valence-electron chi connectivity index (χ0n) is 12.7. The fourth-order valence-electron chi connectivity index (χ4n) is 2.00. The van der Waals surface area contributed by atoms with Gasteiger partial charge in [0.15, 0.2) is 0 Å². The molecule has 24 heavy (non-hydrogen) atoms. The van der Waals surface area contributed by atoms with Crippen molar-refractivity contribution in [1.82, 2.24) is 21.0 Å². The second kappa shape index (κ2) is 6.97. The van der Waals surface area contributed by atoms with Crippen LogP contribution >= 0.6 is 11.3 Å². The van der Waals surface area contributed by atoms with Gasteiger partial charge in [-0.2, -0.15) is 5.10 Å². The molecular weight excluding hydrogens is 328 g/mol. The summed E-state index contributed by atoms with van der Waals surface area (Å²) in [4.78, 5) is 24.3. The number of aromatic nitrogens is 2. The molecule has 0 unspecified atom stereocenters. The first kappa shape index (κ1) is 15.8. The molecule has 0 fully saturated rings. The molecule has 0 aliphatic heterocycles. The minimum Gasteiger partial charge on any atom is -0.497 e. The van der Waals surface area contributed by atoms with E-state index in [2.05, 4.69) is 21.0 Å². The second-order valence-corrected chi connectivity index (χ2v) is 5.73. The van der Waals surface area contributed by atoms with Crippen LogP contribution in [-0.2, 0) is 0 Å². The third-order valence-corrected chi connectivity index (χ3v) is 4.11. The topological polar surface area (TPSA) is 96.1 Å². The average Bonchev–Trinajstić information content (AvgIpc) is 3.31. The van der Waals surface area contributed by atoms with Crippen LogP contribution in [0.1, 0.15) is 20.2 Å². The Morgan fingerprint density at radius 1 is 1.12 bits per heavy atom. The number of nitrogens with zero attached hydrogens (tertiary/aromatic N) is 1. The number of H-pyrrole nitrogens is 1. The molecule has 3 aromatic rings. The summed E-state index contributed by atoms with van der Waals surface area (Å²) in [6.45, 7) is 0. The highest BCUT2D eigenvalue weighted by Gasteiger charge is 2.13. The molecule has 0 radical (unpaired) electrons. The molecule has 0 saturated heterocycles. The SMILES string of the molecule is COc1ccc(-c2cc(C(=O)NNC(=O)c3cccs3)[nH]n2)cc1. The van der Waals surface area contributed by atoms with E-state index in [0.717, 1.165) is 11.3 Å². The van der Waals surface area contributed by atoms with Gasteiger partial charge >= 0.3 is 0 Å². The van der Waals surface area contributed by atoms with Crippen molar-refractivity contribution in [1.29, 1.82) is 0 Å². The maximum atomic E-state index is 12.1. The van der Waals surface area contributed by atoms with Crippen LogP contribution in [0.3, 0.4) is 0 Å². The lowest BCUT2D eigenvalue weighted by molar-refractivity contribution is 0.0846. The third kappa shape index (κ3) is 3.44. The van der Waals surface area contributed by atoms with Gasteiger partial charge in [-0.3, -0.25) is 25.5 Å². The van der Waals surface area contributed by atoms with Crippen LogP contribution in [0, 0.1) is 0 Å². The predicted octanol–water partition coefficient (Wildman–Crippen LogP) is 2.22. The van der Waals surface area contributed by atoms with Crippen LogP contribution in [0.4, 0.5) is 0 Å². The molecule has 122 valence electrons. The van der Waals surface area contributed by atoms with Crippen molar-refractivity contribution >= 4 is 23.2 Å². The molecule has 0 spiro atoms. The van der Waals surface area contributed by atoms with Gasteiger partial charge in [0.05, 0.1) is 17.7 Å². The Bertz CT molecular complexity index is 841. The highest BCUT2D eigenvalue weighted by Crippen LogP contribution is 2.21. The number of rotatable bonds is 4. The summed E-state index contributed by atoms with van der Waals surface area (Å²) in [5.41, 5.74) is 6.40. The number of benzene rings is 1. The fraction of sp³-hybridized carbons (Fsp3) is 0.0625. The molecule has 3 N–H and O–H groups in total. The summed E-state index contributed by atoms with van der Waals surface area (Å²) < 4.78 is 5.10. The van der Waals surface area contributed by atoms with Crippen LogP contribution in [0.5, 0.6) is 5.75 Å². The van der Waals surface area contributed by atoms with Crippen LogP contribution in [-0.4, -0.2) is 29.1 Å². The van der Waals surface area contributed by atoms with Crippen molar-refractivity contribution < 1.29 is 14.3 Å². The van der Waals surface area contributed by atoms with Crippen molar-refractivity contribution in [2.24, 2.45) is 0 Å². The quantitative estimate of drug-likeness (QED) is 0.634. The van der Waals surface area contributed by atoms with Crippen molar-refractivity contribution in [3.05, 3.63) is 58.4 Å². The van der Waals surface area contributed by atoms with Crippen molar-refractivity contribution in [2.45, 2.75) is 0 Å². The van der Waals surface area contributed by atoms with Gasteiger partial charge < -0.3 is 4.74 Å². The number of aromatic amines is 1. The lowest BCUT2D eigenvalue weighted by Crippen LogP contribution is -2.41. The molecule has 0 saturated carbocycles. The molecule has 0 atom stereocenters. The van der Waals surface area contributed by atoms with Gasteiger partial charge in [-0.15, -0.1) is 11.3 Å². The molecule has 3 rings (SSSR count). The molecule has 7 nitrogen and oxygen atoms in total. The van der Waals surface area contributed by atoms with Crippen molar-refractivity contribution in [3.8, 4) is 17.0 Å². The van der Waals surface area contributed by atoms with E-state index in [-0.39, 0.29) is 11.6 Å². The largest absolute Gasteiger partial charge is 0.497 e. The summed E-state index contributed by atoms with van der Waals surface area (Å²) in [6, 6.07) is 12.3. The number of thiophene rings is 1. The van der Waals surface area contributed by atoms with E-state index in [9.17, 15) is 9.59 Å². The van der Waals surface area contributed by atoms with E-state index in [4.69, 9.17) is 4.74 Å². The van der Waals surface area contributed by atoms with Gasteiger partial charge in [0.2, 0.25) is 0 Å². The van der Waals surface area contributed by atoms with E-state index < -0.39 is 5.91 Å². The number of ether oxygens (including phenoxy) is 1. The summed E-state index contributed by atoms with van der Waals surface area (Å²) in [5.74, 6) is -0.107. The van der Waals surface area contributed by atoms with Crippen LogP contribution < -0.4 is 15.6 Å². The average molecular weight is 342 g/mol. The summed E-state index contributed by atoms with van der Waals surface area (Å²) in [5, 5.41) is 8.54. The molecule has 2 aromatic heterocycles. The van der Waals surface area contributed by atoms with Gasteiger partial charge in [0.25, 0.3) is 11.8 Å². The van der Waals surface area contributed by atoms with E-state index in [1.807, 2.05) is 24.3 Å². The van der Waals surface area contributed by atoms with Crippen molar-refractivity contribution in [2.75, 3.05) is 7.11 Å². The Hall–Kier alpha value is -3.13. The summed E-state index contributed by atoms with van der Waals surface area (Å²) in [6.07, 6.45) is 0. The number of hydrogen-bond donors (Lipinski definition) is 3. The highest BCUT2D eigenvalue weighted by atomic mass is 32.1. The molecule has 0 bridgehead atoms. The van der Waals surface area contributed by atoms with Crippen LogP contribution in [0.2, 0.25) is 0 Å². The molecule has 1 aromatic carbocycles. The van der Waals surface area contributed by atoms with Gasteiger partial charge in [-0.05, 0) is 41.8 Å². The molecule has 8 heteroatoms. The first-order valence-corrected chi connectivity index (χ1v) is 7.89. The van der Waals surface area contributed by atoms with Gasteiger partial charge in [-0.1, -0.05) is 6.07 Å². The standard InChI is InChI=1S/C16H14N4O3S/c1-23-11-6-4-10(5-7-11)12-9-13(18-17-12)15(21)19-20-16(22)14-3-2-8-24-14/h2-9H,1H3,(H,17,18)(H,19,21)(H,20,22). The molecule has 0 aliphatic rings. The number of methoxy groups -OCH3 is 1.